The van der Waals surface area contributed by atoms with E-state index in [1.54, 1.807) is 36.5 Å². The summed E-state index contributed by atoms with van der Waals surface area (Å²) >= 11 is 6.10. The molecule has 3 rings (SSSR count). The second-order valence-electron chi connectivity index (χ2n) is 4.27. The van der Waals surface area contributed by atoms with Gasteiger partial charge in [0.2, 0.25) is 0 Å². The Balaban J connectivity index is 2.08. The van der Waals surface area contributed by atoms with Crippen LogP contribution < -0.4 is 0 Å². The van der Waals surface area contributed by atoms with Crippen LogP contribution in [0.3, 0.4) is 0 Å². The van der Waals surface area contributed by atoms with Crippen LogP contribution in [0, 0.1) is 10.1 Å². The lowest BCUT2D eigenvalue weighted by molar-refractivity contribution is -0.384. The summed E-state index contributed by atoms with van der Waals surface area (Å²) in [5.74, 6) is 0. The molecule has 1 heterocycles. The summed E-state index contributed by atoms with van der Waals surface area (Å²) in [6.45, 7) is 0. The first-order valence-electron chi connectivity index (χ1n) is 6.08. The molecule has 7 heteroatoms. The maximum absolute atomic E-state index is 11.1. The van der Waals surface area contributed by atoms with Gasteiger partial charge in [-0.15, -0.1) is 5.10 Å². The van der Waals surface area contributed by atoms with Crippen LogP contribution in [-0.4, -0.2) is 19.9 Å². The van der Waals surface area contributed by atoms with E-state index in [-0.39, 0.29) is 5.69 Å². The highest BCUT2D eigenvalue weighted by molar-refractivity contribution is 6.32. The minimum Gasteiger partial charge on any atom is -0.258 e. The van der Waals surface area contributed by atoms with Gasteiger partial charge in [-0.05, 0) is 18.2 Å². The van der Waals surface area contributed by atoms with Crippen molar-refractivity contribution >= 4 is 17.3 Å². The number of halogens is 1. The standard InChI is InChI=1S/C14H9ClN4O2/c15-11-6-2-4-8-14(11)18-9-12(16-17-18)10-5-1-3-7-13(10)19(20)21/h1-9H. The lowest BCUT2D eigenvalue weighted by Crippen LogP contribution is -1.95. The van der Waals surface area contributed by atoms with Crippen LogP contribution in [0.5, 0.6) is 0 Å². The zero-order chi connectivity index (χ0) is 14.8. The van der Waals surface area contributed by atoms with Crippen LogP contribution in [0.2, 0.25) is 5.02 Å². The SMILES string of the molecule is O=[N+]([O-])c1ccccc1-c1cn(-c2ccccc2Cl)nn1. The van der Waals surface area contributed by atoms with Gasteiger partial charge in [-0.25, -0.2) is 4.68 Å². The normalized spacial score (nSPS) is 10.5. The smallest absolute Gasteiger partial charge is 0.258 e. The minimum atomic E-state index is -0.441. The number of nitro benzene ring substituents is 1. The van der Waals surface area contributed by atoms with Gasteiger partial charge in [-0.1, -0.05) is 41.1 Å². The average molecular weight is 301 g/mol. The molecular weight excluding hydrogens is 292 g/mol. The lowest BCUT2D eigenvalue weighted by atomic mass is 10.1. The van der Waals surface area contributed by atoms with Crippen molar-refractivity contribution in [3.63, 3.8) is 0 Å². The molecule has 21 heavy (non-hydrogen) atoms. The van der Waals surface area contributed by atoms with Crippen molar-refractivity contribution in [2.24, 2.45) is 0 Å². The highest BCUT2D eigenvalue weighted by atomic mass is 35.5. The molecule has 6 nitrogen and oxygen atoms in total. The van der Waals surface area contributed by atoms with Crippen molar-refractivity contribution in [3.05, 3.63) is 69.9 Å². The number of rotatable bonds is 3. The van der Waals surface area contributed by atoms with Gasteiger partial charge in [-0.2, -0.15) is 0 Å². The lowest BCUT2D eigenvalue weighted by Gasteiger charge is -2.01. The Bertz CT molecular complexity index is 816. The van der Waals surface area contributed by atoms with Gasteiger partial charge in [0.25, 0.3) is 5.69 Å². The van der Waals surface area contributed by atoms with Gasteiger partial charge in [0.1, 0.15) is 5.69 Å². The molecule has 1 aromatic heterocycles. The van der Waals surface area contributed by atoms with Crippen molar-refractivity contribution in [2.75, 3.05) is 0 Å². The average Bonchev–Trinajstić information content (AvgIpc) is 2.97. The Morgan fingerprint density at radius 3 is 2.57 bits per heavy atom. The van der Waals surface area contributed by atoms with E-state index >= 15 is 0 Å². The van der Waals surface area contributed by atoms with Crippen molar-refractivity contribution in [1.82, 2.24) is 15.0 Å². The van der Waals surface area contributed by atoms with Gasteiger partial charge in [0, 0.05) is 6.07 Å². The van der Waals surface area contributed by atoms with E-state index in [2.05, 4.69) is 10.3 Å². The maximum Gasteiger partial charge on any atom is 0.278 e. The van der Waals surface area contributed by atoms with Crippen LogP contribution in [0.15, 0.2) is 54.7 Å². The fourth-order valence-corrected chi connectivity index (χ4v) is 2.21. The Labute approximate surface area is 124 Å². The predicted octanol–water partition coefficient (Wildman–Crippen LogP) is 3.50. The number of aromatic nitrogens is 3. The van der Waals surface area contributed by atoms with E-state index in [1.807, 2.05) is 12.1 Å². The molecule has 104 valence electrons. The van der Waals surface area contributed by atoms with Gasteiger partial charge in [0.05, 0.1) is 27.4 Å². The van der Waals surface area contributed by atoms with Crippen LogP contribution >= 0.6 is 11.6 Å². The summed E-state index contributed by atoms with van der Waals surface area (Å²) in [5, 5.41) is 19.6. The molecule has 0 aliphatic rings. The molecule has 0 saturated heterocycles. The van der Waals surface area contributed by atoms with E-state index in [0.717, 1.165) is 0 Å². The van der Waals surface area contributed by atoms with Crippen molar-refractivity contribution in [2.45, 2.75) is 0 Å². The number of hydrogen-bond donors (Lipinski definition) is 0. The van der Waals surface area contributed by atoms with Crippen molar-refractivity contribution in [3.8, 4) is 16.9 Å². The molecule has 3 aromatic rings. The van der Waals surface area contributed by atoms with Crippen LogP contribution in [0.4, 0.5) is 5.69 Å². The second kappa shape index (κ2) is 5.34. The quantitative estimate of drug-likeness (QED) is 0.548. The monoisotopic (exact) mass is 300 g/mol. The highest BCUT2D eigenvalue weighted by Gasteiger charge is 2.17. The topological polar surface area (TPSA) is 73.8 Å². The summed E-state index contributed by atoms with van der Waals surface area (Å²) in [6.07, 6.45) is 1.61. The molecule has 0 radical (unpaired) electrons. The molecule has 0 aliphatic heterocycles. The van der Waals surface area contributed by atoms with Gasteiger partial charge in [0.15, 0.2) is 0 Å². The fraction of sp³-hybridized carbons (Fsp3) is 0. The first-order chi connectivity index (χ1) is 10.2. The molecule has 0 atom stereocenters. The Hall–Kier alpha value is -2.73. The number of nitro groups is 1. The first kappa shape index (κ1) is 13.3. The van der Waals surface area contributed by atoms with Crippen LogP contribution in [0.25, 0.3) is 16.9 Å². The highest BCUT2D eigenvalue weighted by Crippen LogP contribution is 2.28. The third-order valence-electron chi connectivity index (χ3n) is 2.97. The van der Waals surface area contributed by atoms with Gasteiger partial charge < -0.3 is 0 Å². The third-order valence-corrected chi connectivity index (χ3v) is 3.29. The van der Waals surface area contributed by atoms with Crippen LogP contribution in [-0.2, 0) is 0 Å². The zero-order valence-electron chi connectivity index (χ0n) is 10.7. The summed E-state index contributed by atoms with van der Waals surface area (Å²) < 4.78 is 1.49. The molecule has 0 aliphatic carbocycles. The number of benzene rings is 2. The van der Waals surface area contributed by atoms with E-state index in [1.165, 1.54) is 10.7 Å². The van der Waals surface area contributed by atoms with E-state index in [4.69, 9.17) is 11.6 Å². The minimum absolute atomic E-state index is 0.0105. The van der Waals surface area contributed by atoms with Crippen molar-refractivity contribution < 1.29 is 4.92 Å². The Morgan fingerprint density at radius 2 is 1.81 bits per heavy atom. The van der Waals surface area contributed by atoms with Gasteiger partial charge >= 0.3 is 0 Å². The summed E-state index contributed by atoms with van der Waals surface area (Å²) in [5.41, 5.74) is 1.49. The molecule has 0 fully saturated rings. The molecule has 0 spiro atoms. The van der Waals surface area contributed by atoms with E-state index < -0.39 is 4.92 Å². The summed E-state index contributed by atoms with van der Waals surface area (Å²) in [7, 11) is 0. The largest absolute Gasteiger partial charge is 0.278 e. The molecule has 2 aromatic carbocycles. The number of hydrogen-bond acceptors (Lipinski definition) is 4. The van der Waals surface area contributed by atoms with Crippen LogP contribution in [0.1, 0.15) is 0 Å². The summed E-state index contributed by atoms with van der Waals surface area (Å²) in [6, 6.07) is 13.6. The first-order valence-corrected chi connectivity index (χ1v) is 6.45. The second-order valence-corrected chi connectivity index (χ2v) is 4.68. The third kappa shape index (κ3) is 2.48. The fourth-order valence-electron chi connectivity index (χ4n) is 1.99. The zero-order valence-corrected chi connectivity index (χ0v) is 11.4. The molecule has 0 unspecified atom stereocenters. The molecule has 0 saturated carbocycles. The summed E-state index contributed by atoms with van der Waals surface area (Å²) in [4.78, 5) is 10.6. The molecular formula is C14H9ClN4O2. The Kier molecular flexibility index (Phi) is 3.37. The molecule has 0 bridgehead atoms. The maximum atomic E-state index is 11.1. The molecule has 0 N–H and O–H groups in total. The number of para-hydroxylation sites is 2. The van der Waals surface area contributed by atoms with E-state index in [0.29, 0.717) is 22.0 Å². The number of nitrogens with zero attached hydrogens (tertiary/aromatic N) is 4. The van der Waals surface area contributed by atoms with Gasteiger partial charge in [-0.3, -0.25) is 10.1 Å². The Morgan fingerprint density at radius 1 is 1.10 bits per heavy atom. The van der Waals surface area contributed by atoms with Crippen molar-refractivity contribution in [1.29, 1.82) is 0 Å². The molecule has 0 amide bonds. The predicted molar refractivity (Wildman–Crippen MR) is 78.5 cm³/mol. The van der Waals surface area contributed by atoms with E-state index in [9.17, 15) is 10.1 Å².